The molecular weight excluding hydrogens is 368 g/mol. The summed E-state index contributed by atoms with van der Waals surface area (Å²) in [6.07, 6.45) is 9.71. The van der Waals surface area contributed by atoms with Crippen LogP contribution in [0.4, 0.5) is 5.82 Å². The minimum absolute atomic E-state index is 0.0903. The molecule has 0 aromatic carbocycles. The van der Waals surface area contributed by atoms with Crippen molar-refractivity contribution in [3.05, 3.63) is 60.3 Å². The third-order valence-electron chi connectivity index (χ3n) is 6.19. The summed E-state index contributed by atoms with van der Waals surface area (Å²) in [6, 6.07) is 8.50. The van der Waals surface area contributed by atoms with Gasteiger partial charge in [0.2, 0.25) is 0 Å². The van der Waals surface area contributed by atoms with Gasteiger partial charge >= 0.3 is 0 Å². The third kappa shape index (κ3) is 2.99. The van der Waals surface area contributed by atoms with E-state index in [0.717, 1.165) is 43.2 Å². The summed E-state index contributed by atoms with van der Waals surface area (Å²) in [4.78, 5) is 13.6. The lowest BCUT2D eigenvalue weighted by atomic mass is 9.73. The molecule has 2 N–H and O–H groups in total. The molecule has 0 radical (unpaired) electrons. The van der Waals surface area contributed by atoms with E-state index < -0.39 is 0 Å². The number of fused-ring (bicyclic) bond motifs is 1. The fourth-order valence-corrected chi connectivity index (χ4v) is 5.26. The monoisotopic (exact) mass is 392 g/mol. The zero-order chi connectivity index (χ0) is 19.1. The van der Waals surface area contributed by atoms with Crippen LogP contribution in [0.5, 0.6) is 0 Å². The van der Waals surface area contributed by atoms with E-state index in [-0.39, 0.29) is 11.5 Å². The van der Waals surface area contributed by atoms with Gasteiger partial charge in [-0.3, -0.25) is 9.67 Å². The minimum atomic E-state index is 0.0903. The molecule has 5 rings (SSSR count). The number of piperidine rings is 1. The van der Waals surface area contributed by atoms with Crippen molar-refractivity contribution in [2.75, 3.05) is 18.0 Å². The molecule has 1 saturated heterocycles. The summed E-state index contributed by atoms with van der Waals surface area (Å²) in [5, 5.41) is 4.43. The van der Waals surface area contributed by atoms with E-state index in [4.69, 9.17) is 10.7 Å². The molecule has 1 fully saturated rings. The van der Waals surface area contributed by atoms with Crippen molar-refractivity contribution in [3.8, 4) is 0 Å². The Bertz CT molecular complexity index is 975. The fraction of sp³-hybridized carbons (Fsp3) is 0.381. The lowest BCUT2D eigenvalue weighted by Crippen LogP contribution is -2.44. The van der Waals surface area contributed by atoms with Gasteiger partial charge in [-0.2, -0.15) is 5.10 Å². The molecule has 2 aliphatic rings. The van der Waals surface area contributed by atoms with Crippen molar-refractivity contribution < 1.29 is 0 Å². The standard InChI is InChI=1S/C21H24N6S/c1-15-12-23-8-5-18(15)28-16-2-3-19(24-13-16)26-10-6-21(7-11-26)14-27-17(20(21)22)4-9-25-27/h2-5,8-9,12-13,20H,6-7,10-11,14,22H2,1H3/t20-/m1/s1. The molecule has 6 nitrogen and oxygen atoms in total. The first-order valence-electron chi connectivity index (χ1n) is 9.71. The number of aromatic nitrogens is 4. The van der Waals surface area contributed by atoms with Crippen LogP contribution in [-0.4, -0.2) is 32.8 Å². The van der Waals surface area contributed by atoms with Gasteiger partial charge in [-0.1, -0.05) is 11.8 Å². The predicted molar refractivity (Wildman–Crippen MR) is 110 cm³/mol. The Balaban J connectivity index is 1.25. The summed E-state index contributed by atoms with van der Waals surface area (Å²) in [6.45, 7) is 5.00. The fourth-order valence-electron chi connectivity index (χ4n) is 4.42. The van der Waals surface area contributed by atoms with E-state index in [1.54, 1.807) is 11.8 Å². The topological polar surface area (TPSA) is 72.9 Å². The Labute approximate surface area is 169 Å². The Hall–Kier alpha value is -2.38. The second kappa shape index (κ2) is 6.90. The highest BCUT2D eigenvalue weighted by molar-refractivity contribution is 7.99. The lowest BCUT2D eigenvalue weighted by Gasteiger charge is -2.41. The Morgan fingerprint density at radius 2 is 1.96 bits per heavy atom. The maximum Gasteiger partial charge on any atom is 0.128 e. The lowest BCUT2D eigenvalue weighted by molar-refractivity contribution is 0.170. The maximum atomic E-state index is 6.59. The SMILES string of the molecule is Cc1cnccc1Sc1ccc(N2CCC3(CC2)Cn2nccc2[C@H]3N)nc1. The predicted octanol–water partition coefficient (Wildman–Crippen LogP) is 3.43. The number of hydrogen-bond donors (Lipinski definition) is 1. The summed E-state index contributed by atoms with van der Waals surface area (Å²) >= 11 is 1.73. The van der Waals surface area contributed by atoms with Gasteiger partial charge in [0.15, 0.2) is 0 Å². The molecule has 28 heavy (non-hydrogen) atoms. The number of pyridine rings is 2. The highest BCUT2D eigenvalue weighted by Gasteiger charge is 2.46. The maximum absolute atomic E-state index is 6.59. The number of nitrogens with two attached hydrogens (primary N) is 1. The van der Waals surface area contributed by atoms with Crippen molar-refractivity contribution in [2.45, 2.75) is 42.1 Å². The molecule has 3 aromatic rings. The van der Waals surface area contributed by atoms with E-state index in [1.165, 1.54) is 16.2 Å². The molecular formula is C21H24N6S. The van der Waals surface area contributed by atoms with Gasteiger partial charge in [-0.05, 0) is 49.6 Å². The van der Waals surface area contributed by atoms with Crippen LogP contribution in [0.2, 0.25) is 0 Å². The molecule has 2 aliphatic heterocycles. The highest BCUT2D eigenvalue weighted by atomic mass is 32.2. The van der Waals surface area contributed by atoms with Crippen LogP contribution < -0.4 is 10.6 Å². The zero-order valence-electron chi connectivity index (χ0n) is 16.0. The second-order valence-electron chi connectivity index (χ2n) is 7.84. The molecule has 0 unspecified atom stereocenters. The van der Waals surface area contributed by atoms with Gasteiger partial charge in [-0.25, -0.2) is 4.98 Å². The first-order valence-corrected chi connectivity index (χ1v) is 10.5. The van der Waals surface area contributed by atoms with Crippen LogP contribution in [0.15, 0.2) is 58.8 Å². The van der Waals surface area contributed by atoms with E-state index in [1.807, 2.05) is 30.9 Å². The summed E-state index contributed by atoms with van der Waals surface area (Å²) < 4.78 is 2.09. The first-order chi connectivity index (χ1) is 13.6. The van der Waals surface area contributed by atoms with E-state index in [2.05, 4.69) is 44.8 Å². The quantitative estimate of drug-likeness (QED) is 0.736. The van der Waals surface area contributed by atoms with Gasteiger partial charge in [0.05, 0.1) is 11.7 Å². The van der Waals surface area contributed by atoms with Crippen molar-refractivity contribution in [1.82, 2.24) is 19.7 Å². The van der Waals surface area contributed by atoms with Crippen molar-refractivity contribution in [3.63, 3.8) is 0 Å². The van der Waals surface area contributed by atoms with Gasteiger partial charge in [0.25, 0.3) is 0 Å². The summed E-state index contributed by atoms with van der Waals surface area (Å²) in [5.41, 5.74) is 9.10. The van der Waals surface area contributed by atoms with E-state index >= 15 is 0 Å². The minimum Gasteiger partial charge on any atom is -0.357 e. The van der Waals surface area contributed by atoms with E-state index in [9.17, 15) is 0 Å². The smallest absolute Gasteiger partial charge is 0.128 e. The van der Waals surface area contributed by atoms with Gasteiger partial charge < -0.3 is 10.6 Å². The molecule has 0 bridgehead atoms. The second-order valence-corrected chi connectivity index (χ2v) is 8.95. The molecule has 0 saturated carbocycles. The highest BCUT2D eigenvalue weighted by Crippen LogP contribution is 2.47. The van der Waals surface area contributed by atoms with Gasteiger partial charge in [-0.15, -0.1) is 0 Å². The number of anilines is 1. The Morgan fingerprint density at radius 3 is 2.68 bits per heavy atom. The van der Waals surface area contributed by atoms with Crippen LogP contribution in [-0.2, 0) is 6.54 Å². The van der Waals surface area contributed by atoms with Crippen LogP contribution in [0.3, 0.4) is 0 Å². The van der Waals surface area contributed by atoms with Crippen molar-refractivity contribution in [2.24, 2.45) is 11.1 Å². The number of nitrogens with zero attached hydrogens (tertiary/aromatic N) is 5. The Morgan fingerprint density at radius 1 is 1.11 bits per heavy atom. The van der Waals surface area contributed by atoms with Crippen LogP contribution in [0.25, 0.3) is 0 Å². The average Bonchev–Trinajstić information content (AvgIpc) is 3.27. The number of aryl methyl sites for hydroxylation is 1. The van der Waals surface area contributed by atoms with Crippen LogP contribution in [0.1, 0.15) is 30.1 Å². The van der Waals surface area contributed by atoms with Crippen LogP contribution >= 0.6 is 11.8 Å². The average molecular weight is 393 g/mol. The molecule has 144 valence electrons. The van der Waals surface area contributed by atoms with Gasteiger partial charge in [0.1, 0.15) is 5.82 Å². The van der Waals surface area contributed by atoms with Crippen LogP contribution in [0, 0.1) is 12.3 Å². The molecule has 3 aromatic heterocycles. The molecule has 7 heteroatoms. The first kappa shape index (κ1) is 17.7. The third-order valence-corrected chi connectivity index (χ3v) is 7.35. The Kier molecular flexibility index (Phi) is 4.36. The zero-order valence-corrected chi connectivity index (χ0v) is 16.8. The molecule has 0 aliphatic carbocycles. The number of rotatable bonds is 3. The molecule has 5 heterocycles. The summed E-state index contributed by atoms with van der Waals surface area (Å²) in [5.74, 6) is 1.05. The molecule has 1 spiro atoms. The van der Waals surface area contributed by atoms with Crippen molar-refractivity contribution >= 4 is 17.6 Å². The van der Waals surface area contributed by atoms with Gasteiger partial charge in [0, 0.05) is 59.6 Å². The largest absolute Gasteiger partial charge is 0.357 e. The number of hydrogen-bond acceptors (Lipinski definition) is 6. The summed E-state index contributed by atoms with van der Waals surface area (Å²) in [7, 11) is 0. The van der Waals surface area contributed by atoms with E-state index in [0.29, 0.717) is 0 Å². The molecule has 1 atom stereocenters. The normalized spacial score (nSPS) is 20.5. The molecule has 0 amide bonds. The van der Waals surface area contributed by atoms with Crippen molar-refractivity contribution in [1.29, 1.82) is 0 Å².